The van der Waals surface area contributed by atoms with Crippen molar-refractivity contribution in [3.63, 3.8) is 0 Å². The zero-order valence-electron chi connectivity index (χ0n) is 9.06. The molecular weight excluding hydrogens is 192 g/mol. The first-order valence-corrected chi connectivity index (χ1v) is 5.29. The van der Waals surface area contributed by atoms with E-state index in [2.05, 4.69) is 6.92 Å². The summed E-state index contributed by atoms with van der Waals surface area (Å²) in [5.74, 6) is 1.51. The van der Waals surface area contributed by atoms with Crippen LogP contribution in [0.4, 0.5) is 0 Å². The molecule has 0 bridgehead atoms. The van der Waals surface area contributed by atoms with Crippen molar-refractivity contribution in [2.24, 2.45) is 0 Å². The van der Waals surface area contributed by atoms with Gasteiger partial charge in [0.05, 0.1) is 7.11 Å². The van der Waals surface area contributed by atoms with Gasteiger partial charge in [-0.15, -0.1) is 0 Å². The molecule has 0 spiro atoms. The summed E-state index contributed by atoms with van der Waals surface area (Å²) in [6, 6.07) is 5.54. The molecule has 1 heterocycles. The fraction of sp³-hybridized carbons (Fsp3) is 0.500. The molecule has 0 radical (unpaired) electrons. The van der Waals surface area contributed by atoms with Crippen molar-refractivity contribution in [3.05, 3.63) is 23.8 Å². The van der Waals surface area contributed by atoms with Crippen LogP contribution in [0.5, 0.6) is 11.5 Å². The molecule has 3 heteroatoms. The van der Waals surface area contributed by atoms with Gasteiger partial charge in [0.25, 0.3) is 0 Å². The molecule has 1 N–H and O–H groups in total. The Bertz CT molecular complexity index is 349. The third-order valence-electron chi connectivity index (χ3n) is 2.74. The molecule has 0 aromatic heterocycles. The van der Waals surface area contributed by atoms with Crippen LogP contribution in [0.1, 0.15) is 31.4 Å². The molecule has 0 fully saturated rings. The van der Waals surface area contributed by atoms with E-state index in [1.807, 2.05) is 18.2 Å². The Balaban J connectivity index is 2.24. The largest absolute Gasteiger partial charge is 0.497 e. The molecule has 0 aliphatic carbocycles. The Morgan fingerprint density at radius 2 is 2.27 bits per heavy atom. The Morgan fingerprint density at radius 1 is 1.47 bits per heavy atom. The van der Waals surface area contributed by atoms with Crippen molar-refractivity contribution in [3.8, 4) is 11.5 Å². The minimum Gasteiger partial charge on any atom is -0.497 e. The second-order valence-electron chi connectivity index (χ2n) is 3.79. The van der Waals surface area contributed by atoms with Crippen LogP contribution >= 0.6 is 0 Å². The second kappa shape index (κ2) is 4.11. The van der Waals surface area contributed by atoms with E-state index in [0.717, 1.165) is 29.9 Å². The number of rotatable bonds is 3. The lowest BCUT2D eigenvalue weighted by Gasteiger charge is -2.12. The average Bonchev–Trinajstić information content (AvgIpc) is 2.56. The third kappa shape index (κ3) is 1.79. The van der Waals surface area contributed by atoms with E-state index in [4.69, 9.17) is 9.47 Å². The second-order valence-corrected chi connectivity index (χ2v) is 3.79. The van der Waals surface area contributed by atoms with Gasteiger partial charge in [0.1, 0.15) is 23.7 Å². The number of fused-ring (bicyclic) bond motifs is 1. The summed E-state index contributed by atoms with van der Waals surface area (Å²) >= 11 is 0. The van der Waals surface area contributed by atoms with Crippen molar-refractivity contribution < 1.29 is 14.6 Å². The van der Waals surface area contributed by atoms with Gasteiger partial charge in [-0.2, -0.15) is 0 Å². The van der Waals surface area contributed by atoms with E-state index in [1.54, 1.807) is 7.11 Å². The van der Waals surface area contributed by atoms with Crippen LogP contribution in [-0.2, 0) is 0 Å². The predicted octanol–water partition coefficient (Wildman–Crippen LogP) is 2.29. The molecule has 0 saturated carbocycles. The van der Waals surface area contributed by atoms with Gasteiger partial charge in [-0.05, 0) is 18.6 Å². The van der Waals surface area contributed by atoms with Crippen LogP contribution in [-0.4, -0.2) is 18.3 Å². The summed E-state index contributed by atoms with van der Waals surface area (Å²) in [6.45, 7) is 2.08. The molecule has 2 rings (SSSR count). The SMILES string of the molecule is CCCC1Oc2cc(OC)ccc2C1O. The minimum atomic E-state index is -0.495. The van der Waals surface area contributed by atoms with E-state index in [0.29, 0.717) is 0 Å². The van der Waals surface area contributed by atoms with Crippen LogP contribution in [0.2, 0.25) is 0 Å². The number of hydrogen-bond donors (Lipinski definition) is 1. The molecule has 1 aliphatic rings. The highest BCUT2D eigenvalue weighted by Gasteiger charge is 2.32. The summed E-state index contributed by atoms with van der Waals surface area (Å²) in [5.41, 5.74) is 0.870. The molecule has 0 amide bonds. The van der Waals surface area contributed by atoms with Crippen LogP contribution in [0.3, 0.4) is 0 Å². The smallest absolute Gasteiger partial charge is 0.129 e. The molecular formula is C12H16O3. The van der Waals surface area contributed by atoms with Gasteiger partial charge in [0, 0.05) is 11.6 Å². The maximum absolute atomic E-state index is 9.97. The first-order valence-electron chi connectivity index (χ1n) is 5.29. The van der Waals surface area contributed by atoms with Crippen molar-refractivity contribution in [1.29, 1.82) is 0 Å². The highest BCUT2D eigenvalue weighted by Crippen LogP contribution is 2.40. The van der Waals surface area contributed by atoms with Gasteiger partial charge in [-0.1, -0.05) is 13.3 Å². The molecule has 1 aromatic carbocycles. The van der Waals surface area contributed by atoms with E-state index < -0.39 is 6.10 Å². The van der Waals surface area contributed by atoms with E-state index in [-0.39, 0.29) is 6.10 Å². The third-order valence-corrected chi connectivity index (χ3v) is 2.74. The number of aliphatic hydroxyl groups is 1. The lowest BCUT2D eigenvalue weighted by molar-refractivity contribution is 0.0616. The zero-order chi connectivity index (χ0) is 10.8. The first kappa shape index (κ1) is 10.3. The summed E-state index contributed by atoms with van der Waals surface area (Å²) < 4.78 is 10.8. The number of benzene rings is 1. The van der Waals surface area contributed by atoms with Gasteiger partial charge >= 0.3 is 0 Å². The normalized spacial score (nSPS) is 23.4. The van der Waals surface area contributed by atoms with Crippen molar-refractivity contribution in [2.75, 3.05) is 7.11 Å². The lowest BCUT2D eigenvalue weighted by Crippen LogP contribution is -2.17. The van der Waals surface area contributed by atoms with Gasteiger partial charge in [-0.25, -0.2) is 0 Å². The van der Waals surface area contributed by atoms with Crippen molar-refractivity contribution >= 4 is 0 Å². The Hall–Kier alpha value is -1.22. The standard InChI is InChI=1S/C12H16O3/c1-3-4-10-12(13)9-6-5-8(14-2)7-11(9)15-10/h5-7,10,12-13H,3-4H2,1-2H3. The van der Waals surface area contributed by atoms with Gasteiger partial charge < -0.3 is 14.6 Å². The summed E-state index contributed by atoms with van der Waals surface area (Å²) in [5, 5.41) is 9.97. The monoisotopic (exact) mass is 208 g/mol. The Labute approximate surface area is 89.6 Å². The maximum atomic E-state index is 9.97. The average molecular weight is 208 g/mol. The van der Waals surface area contributed by atoms with Crippen molar-refractivity contribution in [2.45, 2.75) is 32.0 Å². The molecule has 2 unspecified atom stereocenters. The van der Waals surface area contributed by atoms with Gasteiger partial charge in [0.2, 0.25) is 0 Å². The number of aliphatic hydroxyl groups excluding tert-OH is 1. The maximum Gasteiger partial charge on any atom is 0.129 e. The van der Waals surface area contributed by atoms with Crippen LogP contribution in [0.15, 0.2) is 18.2 Å². The van der Waals surface area contributed by atoms with Crippen LogP contribution in [0, 0.1) is 0 Å². The summed E-state index contributed by atoms with van der Waals surface area (Å²) in [6.07, 6.45) is 1.29. The fourth-order valence-electron chi connectivity index (χ4n) is 1.92. The summed E-state index contributed by atoms with van der Waals surface area (Å²) in [4.78, 5) is 0. The van der Waals surface area contributed by atoms with E-state index in [9.17, 15) is 5.11 Å². The predicted molar refractivity (Wildman–Crippen MR) is 57.3 cm³/mol. The molecule has 0 saturated heterocycles. The molecule has 1 aromatic rings. The Kier molecular flexibility index (Phi) is 2.82. The zero-order valence-corrected chi connectivity index (χ0v) is 9.06. The van der Waals surface area contributed by atoms with Crippen molar-refractivity contribution in [1.82, 2.24) is 0 Å². The Morgan fingerprint density at radius 3 is 2.93 bits per heavy atom. The number of hydrogen-bond acceptors (Lipinski definition) is 3. The summed E-state index contributed by atoms with van der Waals surface area (Å²) in [7, 11) is 1.62. The lowest BCUT2D eigenvalue weighted by atomic mass is 10.0. The molecule has 2 atom stereocenters. The molecule has 15 heavy (non-hydrogen) atoms. The quantitative estimate of drug-likeness (QED) is 0.828. The van der Waals surface area contributed by atoms with Gasteiger partial charge in [0.15, 0.2) is 0 Å². The molecule has 3 nitrogen and oxygen atoms in total. The highest BCUT2D eigenvalue weighted by atomic mass is 16.5. The van der Waals surface area contributed by atoms with Crippen LogP contribution < -0.4 is 9.47 Å². The minimum absolute atomic E-state index is 0.0999. The fourth-order valence-corrected chi connectivity index (χ4v) is 1.92. The first-order chi connectivity index (χ1) is 7.26. The van der Waals surface area contributed by atoms with Gasteiger partial charge in [-0.3, -0.25) is 0 Å². The highest BCUT2D eigenvalue weighted by molar-refractivity contribution is 5.45. The van der Waals surface area contributed by atoms with E-state index in [1.165, 1.54) is 0 Å². The topological polar surface area (TPSA) is 38.7 Å². The number of methoxy groups -OCH3 is 1. The van der Waals surface area contributed by atoms with E-state index >= 15 is 0 Å². The number of ether oxygens (including phenoxy) is 2. The molecule has 82 valence electrons. The van der Waals surface area contributed by atoms with Crippen LogP contribution in [0.25, 0.3) is 0 Å². The molecule has 1 aliphatic heterocycles.